The van der Waals surface area contributed by atoms with Crippen molar-refractivity contribution in [2.45, 2.75) is 13.8 Å². The average molecular weight is 354 g/mol. The lowest BCUT2D eigenvalue weighted by atomic mass is 10.3. The summed E-state index contributed by atoms with van der Waals surface area (Å²) in [5.41, 5.74) is 1.38. The number of nitrogens with zero attached hydrogens (tertiary/aromatic N) is 1. The lowest BCUT2D eigenvalue weighted by Gasteiger charge is -2.06. The number of nitrogens with one attached hydrogen (secondary N) is 2. The first-order chi connectivity index (χ1) is 9.47. The van der Waals surface area contributed by atoms with Crippen molar-refractivity contribution in [3.8, 4) is 0 Å². The summed E-state index contributed by atoms with van der Waals surface area (Å²) in [6.07, 6.45) is 0. The van der Waals surface area contributed by atoms with Crippen molar-refractivity contribution in [3.63, 3.8) is 0 Å². The van der Waals surface area contributed by atoms with E-state index in [9.17, 15) is 9.59 Å². The average Bonchev–Trinajstić information content (AvgIpc) is 2.71. The van der Waals surface area contributed by atoms with Gasteiger partial charge in [0.25, 0.3) is 0 Å². The van der Waals surface area contributed by atoms with Gasteiger partial charge in [-0.15, -0.1) is 11.3 Å². The molecule has 5 nitrogen and oxygen atoms in total. The van der Waals surface area contributed by atoms with Gasteiger partial charge in [-0.25, -0.2) is 4.98 Å². The minimum atomic E-state index is -0.741. The lowest BCUT2D eigenvalue weighted by Crippen LogP contribution is -2.29. The topological polar surface area (TPSA) is 71.1 Å². The number of carbonyl (C=O) groups excluding carboxylic acids is 2. The second kappa shape index (κ2) is 6.15. The van der Waals surface area contributed by atoms with Crippen LogP contribution < -0.4 is 10.6 Å². The quantitative estimate of drug-likeness (QED) is 0.814. The van der Waals surface area contributed by atoms with Crippen molar-refractivity contribution in [2.75, 3.05) is 10.6 Å². The number of hydrogen-bond acceptors (Lipinski definition) is 4. The normalized spacial score (nSPS) is 10.2. The van der Waals surface area contributed by atoms with E-state index >= 15 is 0 Å². The molecule has 0 fully saturated rings. The van der Waals surface area contributed by atoms with E-state index in [1.54, 1.807) is 18.2 Å². The van der Waals surface area contributed by atoms with Gasteiger partial charge in [-0.2, -0.15) is 0 Å². The third-order valence-corrected chi connectivity index (χ3v) is 4.26. The summed E-state index contributed by atoms with van der Waals surface area (Å²) in [6, 6.07) is 7.07. The Hall–Kier alpha value is -1.73. The predicted molar refractivity (Wildman–Crippen MR) is 83.0 cm³/mol. The highest BCUT2D eigenvalue weighted by Crippen LogP contribution is 2.22. The first-order valence-corrected chi connectivity index (χ1v) is 7.39. The molecule has 1 aromatic heterocycles. The van der Waals surface area contributed by atoms with Crippen molar-refractivity contribution < 1.29 is 9.59 Å². The second-order valence-corrected chi connectivity index (χ2v) is 6.11. The minimum Gasteiger partial charge on any atom is -0.317 e. The predicted octanol–water partition coefficient (Wildman–Crippen LogP) is 3.10. The first kappa shape index (κ1) is 14.7. The van der Waals surface area contributed by atoms with Crippen molar-refractivity contribution in [3.05, 3.63) is 39.3 Å². The first-order valence-electron chi connectivity index (χ1n) is 5.78. The fourth-order valence-corrected chi connectivity index (χ4v) is 2.62. The molecular weight excluding hydrogens is 342 g/mol. The molecule has 0 unspecified atom stereocenters. The molecule has 0 bridgehead atoms. The zero-order valence-electron chi connectivity index (χ0n) is 10.9. The number of carbonyl (C=O) groups is 2. The van der Waals surface area contributed by atoms with Crippen molar-refractivity contribution in [1.29, 1.82) is 0 Å². The number of halogens is 1. The maximum absolute atomic E-state index is 11.8. The molecule has 1 aromatic carbocycles. The molecule has 0 spiro atoms. The van der Waals surface area contributed by atoms with Crippen LogP contribution in [-0.4, -0.2) is 16.8 Å². The van der Waals surface area contributed by atoms with E-state index in [0.717, 1.165) is 10.6 Å². The molecule has 0 aliphatic carbocycles. The largest absolute Gasteiger partial charge is 0.317 e. The maximum Gasteiger partial charge on any atom is 0.315 e. The zero-order chi connectivity index (χ0) is 14.7. The van der Waals surface area contributed by atoms with Crippen LogP contribution in [-0.2, 0) is 9.59 Å². The number of rotatable bonds is 2. The molecule has 0 saturated heterocycles. The third-order valence-electron chi connectivity index (χ3n) is 2.58. The molecule has 104 valence electrons. The van der Waals surface area contributed by atoms with Gasteiger partial charge in [0.1, 0.15) is 0 Å². The molecule has 2 rings (SSSR count). The van der Waals surface area contributed by atoms with Crippen LogP contribution in [0.4, 0.5) is 10.8 Å². The molecular formula is C13H12BrN3O2S. The lowest BCUT2D eigenvalue weighted by molar-refractivity contribution is -0.133. The highest BCUT2D eigenvalue weighted by molar-refractivity contribution is 9.10. The molecule has 0 radical (unpaired) electrons. The second-order valence-electron chi connectivity index (χ2n) is 4.05. The number of hydrogen-bond donors (Lipinski definition) is 2. The Balaban J connectivity index is 2.02. The number of para-hydroxylation sites is 1. The van der Waals surface area contributed by atoms with Gasteiger partial charge < -0.3 is 5.32 Å². The molecule has 0 saturated carbocycles. The number of thiazole rings is 1. The Morgan fingerprint density at radius 2 is 1.80 bits per heavy atom. The summed E-state index contributed by atoms with van der Waals surface area (Å²) in [4.78, 5) is 28.7. The highest BCUT2D eigenvalue weighted by Gasteiger charge is 2.17. The van der Waals surface area contributed by atoms with Gasteiger partial charge in [-0.3, -0.25) is 14.9 Å². The summed E-state index contributed by atoms with van der Waals surface area (Å²) >= 11 is 4.63. The van der Waals surface area contributed by atoms with Crippen LogP contribution in [0.25, 0.3) is 0 Å². The third kappa shape index (κ3) is 3.43. The van der Waals surface area contributed by atoms with Crippen LogP contribution in [0, 0.1) is 13.8 Å². The van der Waals surface area contributed by atoms with E-state index in [1.165, 1.54) is 11.3 Å². The standard InChI is InChI=1S/C13H12BrN3O2S/c1-7-8(2)20-13(15-7)17-12(19)11(18)16-10-6-4-3-5-9(10)14/h3-6H,1-2H3,(H,16,18)(H,15,17,19). The van der Waals surface area contributed by atoms with E-state index in [4.69, 9.17) is 0 Å². The monoisotopic (exact) mass is 353 g/mol. The van der Waals surface area contributed by atoms with Gasteiger partial charge in [-0.05, 0) is 41.9 Å². The van der Waals surface area contributed by atoms with Gasteiger partial charge >= 0.3 is 11.8 Å². The van der Waals surface area contributed by atoms with Gasteiger partial charge in [-0.1, -0.05) is 12.1 Å². The number of aromatic nitrogens is 1. The number of anilines is 2. The fourth-order valence-electron chi connectivity index (χ4n) is 1.42. The van der Waals surface area contributed by atoms with Crippen LogP contribution in [0.5, 0.6) is 0 Å². The smallest absolute Gasteiger partial charge is 0.315 e. The van der Waals surface area contributed by atoms with Gasteiger partial charge in [0, 0.05) is 9.35 Å². The summed E-state index contributed by atoms with van der Waals surface area (Å²) in [6.45, 7) is 3.76. The summed E-state index contributed by atoms with van der Waals surface area (Å²) in [5.74, 6) is -1.48. The Morgan fingerprint density at radius 3 is 2.40 bits per heavy atom. The summed E-state index contributed by atoms with van der Waals surface area (Å²) in [7, 11) is 0. The maximum atomic E-state index is 11.8. The van der Waals surface area contributed by atoms with E-state index in [1.807, 2.05) is 19.9 Å². The molecule has 2 N–H and O–H groups in total. The number of benzene rings is 1. The minimum absolute atomic E-state index is 0.423. The van der Waals surface area contributed by atoms with Crippen LogP contribution in [0.15, 0.2) is 28.7 Å². The van der Waals surface area contributed by atoms with Crippen molar-refractivity contribution >= 4 is 49.9 Å². The fraction of sp³-hybridized carbons (Fsp3) is 0.154. The molecule has 7 heteroatoms. The molecule has 0 atom stereocenters. The molecule has 2 amide bonds. The van der Waals surface area contributed by atoms with Crippen LogP contribution in [0.3, 0.4) is 0 Å². The Morgan fingerprint density at radius 1 is 1.15 bits per heavy atom. The molecule has 0 aliphatic heterocycles. The van der Waals surface area contributed by atoms with Crippen LogP contribution in [0.2, 0.25) is 0 Å². The Bertz CT molecular complexity index is 650. The van der Waals surface area contributed by atoms with E-state index in [2.05, 4.69) is 31.5 Å². The Labute approximate surface area is 128 Å². The molecule has 0 aliphatic rings. The molecule has 2 aromatic rings. The van der Waals surface area contributed by atoms with Gasteiger partial charge in [0.05, 0.1) is 11.4 Å². The zero-order valence-corrected chi connectivity index (χ0v) is 13.3. The van der Waals surface area contributed by atoms with E-state index < -0.39 is 11.8 Å². The number of aryl methyl sites for hydroxylation is 2. The molecule has 1 heterocycles. The van der Waals surface area contributed by atoms with E-state index in [0.29, 0.717) is 15.3 Å². The van der Waals surface area contributed by atoms with Gasteiger partial charge in [0.15, 0.2) is 5.13 Å². The van der Waals surface area contributed by atoms with Crippen molar-refractivity contribution in [1.82, 2.24) is 4.98 Å². The highest BCUT2D eigenvalue weighted by atomic mass is 79.9. The van der Waals surface area contributed by atoms with E-state index in [-0.39, 0.29) is 0 Å². The Kier molecular flexibility index (Phi) is 4.51. The van der Waals surface area contributed by atoms with Gasteiger partial charge in [0.2, 0.25) is 0 Å². The molecule has 20 heavy (non-hydrogen) atoms. The summed E-state index contributed by atoms with van der Waals surface area (Å²) < 4.78 is 0.710. The van der Waals surface area contributed by atoms with Crippen LogP contribution >= 0.6 is 27.3 Å². The van der Waals surface area contributed by atoms with Crippen molar-refractivity contribution in [2.24, 2.45) is 0 Å². The van der Waals surface area contributed by atoms with Crippen LogP contribution in [0.1, 0.15) is 10.6 Å². The number of amides is 2. The SMILES string of the molecule is Cc1nc(NC(=O)C(=O)Nc2ccccc2Br)sc1C. The summed E-state index contributed by atoms with van der Waals surface area (Å²) in [5, 5.41) is 5.44.